The summed E-state index contributed by atoms with van der Waals surface area (Å²) in [7, 11) is 3.06. The maximum Gasteiger partial charge on any atom is 0.139 e. The summed E-state index contributed by atoms with van der Waals surface area (Å²) in [5, 5.41) is 0.747. The molecule has 0 aromatic heterocycles. The number of hydrogen-bond acceptors (Lipinski definition) is 2. The number of methoxy groups -OCH3 is 2. The first-order chi connectivity index (χ1) is 5.70. The van der Waals surface area contributed by atoms with E-state index in [0.29, 0.717) is 21.5 Å². The molecule has 0 radical (unpaired) electrons. The summed E-state index contributed by atoms with van der Waals surface area (Å²) in [6.45, 7) is 0. The van der Waals surface area contributed by atoms with Crippen LogP contribution in [0.5, 0.6) is 11.5 Å². The second kappa shape index (κ2) is 3.87. The lowest BCUT2D eigenvalue weighted by molar-refractivity contribution is 0.403. The second-order valence-electron chi connectivity index (χ2n) is 2.10. The number of ether oxygens (including phenoxy) is 2. The van der Waals surface area contributed by atoms with Gasteiger partial charge < -0.3 is 9.47 Å². The Morgan fingerprint density at radius 1 is 0.917 bits per heavy atom. The Balaban J connectivity index is 3.20. The van der Waals surface area contributed by atoms with Crippen LogP contribution in [0, 0.1) is 0 Å². The normalized spacial score (nSPS) is 9.67. The second-order valence-corrected chi connectivity index (χ2v) is 2.85. The summed E-state index contributed by atoms with van der Waals surface area (Å²) >= 11 is 11.7. The minimum absolute atomic E-state index is 0.374. The first-order valence-corrected chi connectivity index (χ1v) is 4.02. The highest BCUT2D eigenvalue weighted by Gasteiger charge is 2.09. The Bertz CT molecular complexity index is 258. The molecule has 0 aliphatic rings. The fourth-order valence-corrected chi connectivity index (χ4v) is 1.30. The van der Waals surface area contributed by atoms with Crippen LogP contribution in [-0.4, -0.2) is 14.2 Å². The molecule has 1 aromatic carbocycles. The third kappa shape index (κ3) is 1.59. The molecule has 0 aliphatic carbocycles. The molecule has 1 aromatic rings. The average molecular weight is 207 g/mol. The van der Waals surface area contributed by atoms with Crippen LogP contribution in [0.15, 0.2) is 12.1 Å². The van der Waals surface area contributed by atoms with Gasteiger partial charge in [0.1, 0.15) is 21.5 Å². The average Bonchev–Trinajstić information content (AvgIpc) is 2.10. The van der Waals surface area contributed by atoms with E-state index in [4.69, 9.17) is 32.7 Å². The minimum atomic E-state index is 0.374. The van der Waals surface area contributed by atoms with E-state index in [1.165, 1.54) is 14.2 Å². The molecule has 0 saturated heterocycles. The number of benzene rings is 1. The van der Waals surface area contributed by atoms with Crippen LogP contribution in [0.1, 0.15) is 0 Å². The number of hydrogen-bond donors (Lipinski definition) is 0. The maximum atomic E-state index is 5.84. The molecule has 0 aliphatic heterocycles. The molecule has 2 nitrogen and oxygen atoms in total. The lowest BCUT2D eigenvalue weighted by atomic mass is 10.3. The van der Waals surface area contributed by atoms with Gasteiger partial charge in [-0.1, -0.05) is 23.2 Å². The van der Waals surface area contributed by atoms with Crippen molar-refractivity contribution in [1.29, 1.82) is 0 Å². The van der Waals surface area contributed by atoms with Gasteiger partial charge in [-0.2, -0.15) is 0 Å². The van der Waals surface area contributed by atoms with Gasteiger partial charge in [0.25, 0.3) is 0 Å². The third-order valence-electron chi connectivity index (χ3n) is 1.45. The van der Waals surface area contributed by atoms with Crippen LogP contribution in [0.3, 0.4) is 0 Å². The fraction of sp³-hybridized carbons (Fsp3) is 0.250. The van der Waals surface area contributed by atoms with Crippen molar-refractivity contribution < 1.29 is 9.47 Å². The minimum Gasteiger partial charge on any atom is -0.495 e. The zero-order chi connectivity index (χ0) is 9.14. The lowest BCUT2D eigenvalue weighted by Crippen LogP contribution is -1.88. The summed E-state index contributed by atoms with van der Waals surface area (Å²) in [5.74, 6) is 1.09. The molecule has 0 N–H and O–H groups in total. The van der Waals surface area contributed by atoms with Crippen LogP contribution in [-0.2, 0) is 0 Å². The summed E-state index contributed by atoms with van der Waals surface area (Å²) in [5.41, 5.74) is 0. The zero-order valence-corrected chi connectivity index (χ0v) is 8.24. The Hall–Kier alpha value is -0.600. The van der Waals surface area contributed by atoms with Crippen LogP contribution in [0.4, 0.5) is 0 Å². The Morgan fingerprint density at radius 3 is 1.50 bits per heavy atom. The molecule has 0 atom stereocenters. The molecule has 4 heteroatoms. The zero-order valence-electron chi connectivity index (χ0n) is 6.73. The van der Waals surface area contributed by atoms with Crippen molar-refractivity contribution in [3.8, 4) is 11.5 Å². The highest BCUT2D eigenvalue weighted by atomic mass is 35.5. The van der Waals surface area contributed by atoms with Gasteiger partial charge in [0.05, 0.1) is 14.2 Å². The van der Waals surface area contributed by atoms with Crippen molar-refractivity contribution in [3.05, 3.63) is 22.2 Å². The monoisotopic (exact) mass is 206 g/mol. The molecule has 1 rings (SSSR count). The Kier molecular flexibility index (Phi) is 3.06. The van der Waals surface area contributed by atoms with Gasteiger partial charge in [-0.3, -0.25) is 0 Å². The predicted molar refractivity (Wildman–Crippen MR) is 49.6 cm³/mol. The van der Waals surface area contributed by atoms with E-state index in [2.05, 4.69) is 0 Å². The Morgan fingerprint density at radius 2 is 1.25 bits per heavy atom. The van der Waals surface area contributed by atoms with Crippen molar-refractivity contribution in [3.63, 3.8) is 0 Å². The van der Waals surface area contributed by atoms with Crippen molar-refractivity contribution in [2.75, 3.05) is 14.2 Å². The van der Waals surface area contributed by atoms with Gasteiger partial charge in [-0.25, -0.2) is 0 Å². The SMILES string of the molecule is COc1ccc(OC)c(Cl)c1Cl. The molecule has 0 saturated carbocycles. The van der Waals surface area contributed by atoms with Crippen molar-refractivity contribution in [1.82, 2.24) is 0 Å². The van der Waals surface area contributed by atoms with E-state index in [0.717, 1.165) is 0 Å². The molecular weight excluding hydrogens is 199 g/mol. The van der Waals surface area contributed by atoms with Crippen molar-refractivity contribution >= 4 is 23.2 Å². The van der Waals surface area contributed by atoms with Gasteiger partial charge >= 0.3 is 0 Å². The summed E-state index contributed by atoms with van der Waals surface area (Å²) < 4.78 is 9.91. The predicted octanol–water partition coefficient (Wildman–Crippen LogP) is 3.01. The fourth-order valence-electron chi connectivity index (χ4n) is 0.829. The van der Waals surface area contributed by atoms with E-state index < -0.39 is 0 Å². The summed E-state index contributed by atoms with van der Waals surface area (Å²) in [6, 6.07) is 3.40. The van der Waals surface area contributed by atoms with Crippen LogP contribution in [0.25, 0.3) is 0 Å². The Labute approximate surface area is 81.0 Å². The largest absolute Gasteiger partial charge is 0.495 e. The molecule has 0 amide bonds. The van der Waals surface area contributed by atoms with E-state index in [-0.39, 0.29) is 0 Å². The summed E-state index contributed by atoms with van der Waals surface area (Å²) in [4.78, 5) is 0. The first-order valence-electron chi connectivity index (χ1n) is 3.26. The lowest BCUT2D eigenvalue weighted by Gasteiger charge is -2.07. The van der Waals surface area contributed by atoms with Gasteiger partial charge in [0, 0.05) is 0 Å². The molecule has 0 spiro atoms. The van der Waals surface area contributed by atoms with Gasteiger partial charge in [-0.05, 0) is 12.1 Å². The van der Waals surface area contributed by atoms with Gasteiger partial charge in [-0.15, -0.1) is 0 Å². The number of halogens is 2. The molecule has 0 bridgehead atoms. The van der Waals surface area contributed by atoms with Crippen molar-refractivity contribution in [2.45, 2.75) is 0 Å². The standard InChI is InChI=1S/C8H8Cl2O2/c1-11-5-3-4-6(12-2)8(10)7(5)9/h3-4H,1-2H3. The van der Waals surface area contributed by atoms with E-state index in [9.17, 15) is 0 Å². The van der Waals surface area contributed by atoms with Crippen LogP contribution in [0.2, 0.25) is 10.0 Å². The molecule has 0 heterocycles. The highest BCUT2D eigenvalue weighted by Crippen LogP contribution is 2.38. The molecule has 66 valence electrons. The van der Waals surface area contributed by atoms with E-state index >= 15 is 0 Å². The maximum absolute atomic E-state index is 5.84. The molecule has 12 heavy (non-hydrogen) atoms. The van der Waals surface area contributed by atoms with E-state index in [1.54, 1.807) is 12.1 Å². The quantitative estimate of drug-likeness (QED) is 0.741. The van der Waals surface area contributed by atoms with Crippen LogP contribution < -0.4 is 9.47 Å². The van der Waals surface area contributed by atoms with Gasteiger partial charge in [0.2, 0.25) is 0 Å². The molecular formula is C8H8Cl2O2. The molecule has 0 unspecified atom stereocenters. The van der Waals surface area contributed by atoms with Crippen molar-refractivity contribution in [2.24, 2.45) is 0 Å². The summed E-state index contributed by atoms with van der Waals surface area (Å²) in [6.07, 6.45) is 0. The topological polar surface area (TPSA) is 18.5 Å². The number of rotatable bonds is 2. The molecule has 0 fully saturated rings. The van der Waals surface area contributed by atoms with Crippen LogP contribution >= 0.6 is 23.2 Å². The first kappa shape index (κ1) is 9.49. The third-order valence-corrected chi connectivity index (χ3v) is 2.30. The smallest absolute Gasteiger partial charge is 0.139 e. The van der Waals surface area contributed by atoms with Gasteiger partial charge in [0.15, 0.2) is 0 Å². The van der Waals surface area contributed by atoms with E-state index in [1.807, 2.05) is 0 Å². The highest BCUT2D eigenvalue weighted by molar-refractivity contribution is 6.43.